The monoisotopic (exact) mass is 444 g/mol. The van der Waals surface area contributed by atoms with Crippen molar-refractivity contribution in [2.24, 2.45) is 4.99 Å². The summed E-state index contributed by atoms with van der Waals surface area (Å²) in [5.41, 5.74) is 1.40. The van der Waals surface area contributed by atoms with Gasteiger partial charge in [0.15, 0.2) is 5.96 Å². The van der Waals surface area contributed by atoms with Crippen LogP contribution in [0, 0.1) is 0 Å². The number of hydrogen-bond acceptors (Lipinski definition) is 2. The molecule has 0 aliphatic heterocycles. The number of aliphatic imine (C=N–C) groups is 1. The number of aryl methyl sites for hydroxylation is 1. The molecule has 1 aliphatic carbocycles. The Bertz CT molecular complexity index is 458. The second-order valence-corrected chi connectivity index (χ2v) is 6.43. The van der Waals surface area contributed by atoms with Gasteiger partial charge in [-0.1, -0.05) is 43.2 Å². The molecule has 0 aromatic heterocycles. The molecule has 2 N–H and O–H groups in total. The number of hydrogen-bond donors (Lipinski definition) is 2. The zero-order chi connectivity index (χ0) is 16.3. The van der Waals surface area contributed by atoms with E-state index in [0.717, 1.165) is 44.5 Å². The van der Waals surface area contributed by atoms with Crippen LogP contribution in [0.1, 0.15) is 37.7 Å². The molecular weight excluding hydrogens is 411 g/mol. The minimum atomic E-state index is 0. The number of nitrogens with zero attached hydrogens (tertiary/aromatic N) is 2. The molecule has 5 heteroatoms. The molecule has 24 heavy (non-hydrogen) atoms. The van der Waals surface area contributed by atoms with Gasteiger partial charge in [0.05, 0.1) is 0 Å². The van der Waals surface area contributed by atoms with Crippen molar-refractivity contribution in [3.05, 3.63) is 35.9 Å². The van der Waals surface area contributed by atoms with E-state index in [2.05, 4.69) is 57.9 Å². The number of benzene rings is 1. The van der Waals surface area contributed by atoms with Crippen LogP contribution in [0.25, 0.3) is 0 Å². The Labute approximate surface area is 164 Å². The molecule has 0 spiro atoms. The largest absolute Gasteiger partial charge is 0.356 e. The summed E-state index contributed by atoms with van der Waals surface area (Å²) in [6, 6.07) is 11.4. The maximum absolute atomic E-state index is 4.30. The Kier molecular flexibility index (Phi) is 11.1. The first kappa shape index (κ1) is 21.2. The molecule has 0 saturated heterocycles. The summed E-state index contributed by atoms with van der Waals surface area (Å²) in [7, 11) is 4.08. The lowest BCUT2D eigenvalue weighted by atomic mass is 10.1. The first-order valence-corrected chi connectivity index (χ1v) is 8.98. The van der Waals surface area contributed by atoms with E-state index in [1.165, 1.54) is 31.2 Å². The highest BCUT2D eigenvalue weighted by Crippen LogP contribution is 2.21. The standard InChI is InChI=1S/C19H32N4.HI/c1-20-19(21-14-8-11-17-9-4-3-5-10-17)22-15-16-23(2)18-12-6-7-13-18;/h3-5,9-10,18H,6-8,11-16H2,1-2H3,(H2,20,21,22);1H. The second-order valence-electron chi connectivity index (χ2n) is 6.43. The van der Waals surface area contributed by atoms with Gasteiger partial charge in [-0.05, 0) is 38.3 Å². The Morgan fingerprint density at radius 1 is 1.12 bits per heavy atom. The number of nitrogens with one attached hydrogen (secondary N) is 2. The van der Waals surface area contributed by atoms with Crippen LogP contribution in [-0.4, -0.2) is 50.6 Å². The van der Waals surface area contributed by atoms with Crippen LogP contribution in [0.2, 0.25) is 0 Å². The number of likely N-dealkylation sites (N-methyl/N-ethyl adjacent to an activating group) is 1. The van der Waals surface area contributed by atoms with Gasteiger partial charge < -0.3 is 15.5 Å². The van der Waals surface area contributed by atoms with E-state index in [1.54, 1.807) is 0 Å². The molecule has 0 bridgehead atoms. The van der Waals surface area contributed by atoms with E-state index in [1.807, 2.05) is 7.05 Å². The summed E-state index contributed by atoms with van der Waals surface area (Å²) in [5.74, 6) is 0.915. The van der Waals surface area contributed by atoms with E-state index < -0.39 is 0 Å². The van der Waals surface area contributed by atoms with Gasteiger partial charge in [-0.25, -0.2) is 0 Å². The molecule has 1 saturated carbocycles. The number of halogens is 1. The zero-order valence-corrected chi connectivity index (χ0v) is 17.5. The highest BCUT2D eigenvalue weighted by molar-refractivity contribution is 14.0. The van der Waals surface area contributed by atoms with Crippen LogP contribution in [0.15, 0.2) is 35.3 Å². The quantitative estimate of drug-likeness (QED) is 0.280. The summed E-state index contributed by atoms with van der Waals surface area (Å²) in [4.78, 5) is 6.79. The molecule has 136 valence electrons. The molecule has 0 unspecified atom stereocenters. The van der Waals surface area contributed by atoms with Crippen molar-refractivity contribution in [3.8, 4) is 0 Å². The van der Waals surface area contributed by atoms with E-state index in [4.69, 9.17) is 0 Å². The molecule has 0 heterocycles. The molecule has 1 fully saturated rings. The van der Waals surface area contributed by atoms with Gasteiger partial charge in [0.25, 0.3) is 0 Å². The minimum Gasteiger partial charge on any atom is -0.356 e. The van der Waals surface area contributed by atoms with E-state index >= 15 is 0 Å². The first-order chi connectivity index (χ1) is 11.3. The van der Waals surface area contributed by atoms with Crippen molar-refractivity contribution < 1.29 is 0 Å². The summed E-state index contributed by atoms with van der Waals surface area (Å²) in [6.07, 6.45) is 7.74. The first-order valence-electron chi connectivity index (χ1n) is 8.98. The Balaban J connectivity index is 0.00000288. The van der Waals surface area contributed by atoms with Crippen molar-refractivity contribution in [2.75, 3.05) is 33.7 Å². The number of rotatable bonds is 8. The molecule has 4 nitrogen and oxygen atoms in total. The Hall–Kier alpha value is -0.820. The second kappa shape index (κ2) is 12.5. The molecule has 1 aliphatic rings. The van der Waals surface area contributed by atoms with E-state index in [9.17, 15) is 0 Å². The van der Waals surface area contributed by atoms with Crippen molar-refractivity contribution in [1.29, 1.82) is 0 Å². The third-order valence-electron chi connectivity index (χ3n) is 4.71. The van der Waals surface area contributed by atoms with E-state index in [-0.39, 0.29) is 24.0 Å². The summed E-state index contributed by atoms with van der Waals surface area (Å²) in [5, 5.41) is 6.82. The summed E-state index contributed by atoms with van der Waals surface area (Å²) < 4.78 is 0. The lowest BCUT2D eigenvalue weighted by Gasteiger charge is -2.24. The SMILES string of the molecule is CN=C(NCCCc1ccccc1)NCCN(C)C1CCCC1.I. The van der Waals surface area contributed by atoms with Gasteiger partial charge in [0.1, 0.15) is 0 Å². The fraction of sp³-hybridized carbons (Fsp3) is 0.632. The highest BCUT2D eigenvalue weighted by atomic mass is 127. The van der Waals surface area contributed by atoms with Gasteiger partial charge >= 0.3 is 0 Å². The average Bonchev–Trinajstić information content (AvgIpc) is 3.12. The highest BCUT2D eigenvalue weighted by Gasteiger charge is 2.18. The van der Waals surface area contributed by atoms with Crippen molar-refractivity contribution >= 4 is 29.9 Å². The maximum atomic E-state index is 4.30. The van der Waals surface area contributed by atoms with Crippen LogP contribution < -0.4 is 10.6 Å². The normalized spacial score (nSPS) is 15.4. The fourth-order valence-corrected chi connectivity index (χ4v) is 3.24. The van der Waals surface area contributed by atoms with Crippen LogP contribution in [0.3, 0.4) is 0 Å². The van der Waals surface area contributed by atoms with Crippen molar-refractivity contribution in [3.63, 3.8) is 0 Å². The predicted molar refractivity (Wildman–Crippen MR) is 114 cm³/mol. The lowest BCUT2D eigenvalue weighted by molar-refractivity contribution is 0.249. The predicted octanol–water partition coefficient (Wildman–Crippen LogP) is 3.28. The molecule has 1 aromatic carbocycles. The molecule has 1 aromatic rings. The molecular formula is C19H33IN4. The van der Waals surface area contributed by atoms with Gasteiger partial charge in [0.2, 0.25) is 0 Å². The fourth-order valence-electron chi connectivity index (χ4n) is 3.24. The topological polar surface area (TPSA) is 39.7 Å². The average molecular weight is 444 g/mol. The minimum absolute atomic E-state index is 0. The van der Waals surface area contributed by atoms with Gasteiger partial charge in [-0.2, -0.15) is 0 Å². The molecule has 2 rings (SSSR count). The Morgan fingerprint density at radius 2 is 1.79 bits per heavy atom. The number of guanidine groups is 1. The van der Waals surface area contributed by atoms with Crippen LogP contribution in [-0.2, 0) is 6.42 Å². The van der Waals surface area contributed by atoms with Crippen LogP contribution >= 0.6 is 24.0 Å². The zero-order valence-electron chi connectivity index (χ0n) is 15.1. The van der Waals surface area contributed by atoms with Gasteiger partial charge in [-0.3, -0.25) is 4.99 Å². The molecule has 0 amide bonds. The van der Waals surface area contributed by atoms with E-state index in [0.29, 0.717) is 0 Å². The Morgan fingerprint density at radius 3 is 2.46 bits per heavy atom. The van der Waals surface area contributed by atoms with Crippen molar-refractivity contribution in [2.45, 2.75) is 44.6 Å². The van der Waals surface area contributed by atoms with Gasteiger partial charge in [-0.15, -0.1) is 24.0 Å². The van der Waals surface area contributed by atoms with Crippen molar-refractivity contribution in [1.82, 2.24) is 15.5 Å². The van der Waals surface area contributed by atoms with Crippen LogP contribution in [0.4, 0.5) is 0 Å². The third-order valence-corrected chi connectivity index (χ3v) is 4.71. The summed E-state index contributed by atoms with van der Waals surface area (Å²) >= 11 is 0. The van der Waals surface area contributed by atoms with Crippen LogP contribution in [0.5, 0.6) is 0 Å². The van der Waals surface area contributed by atoms with Gasteiger partial charge in [0, 0.05) is 32.7 Å². The third kappa shape index (κ3) is 7.83. The summed E-state index contributed by atoms with van der Waals surface area (Å²) in [6.45, 7) is 2.98. The molecule has 0 atom stereocenters. The smallest absolute Gasteiger partial charge is 0.191 e. The maximum Gasteiger partial charge on any atom is 0.191 e. The molecule has 0 radical (unpaired) electrons. The lowest BCUT2D eigenvalue weighted by Crippen LogP contribution is -2.42.